The van der Waals surface area contributed by atoms with Crippen LogP contribution in [0.2, 0.25) is 0 Å². The summed E-state index contributed by atoms with van der Waals surface area (Å²) in [6.07, 6.45) is 3.53. The highest BCUT2D eigenvalue weighted by Gasteiger charge is 2.25. The molecular formula is C21H23N5O2. The summed E-state index contributed by atoms with van der Waals surface area (Å²) in [6.45, 7) is 2.19. The summed E-state index contributed by atoms with van der Waals surface area (Å²) in [7, 11) is 0. The van der Waals surface area contributed by atoms with E-state index in [1.807, 2.05) is 12.1 Å². The molecule has 0 spiro atoms. The number of nitriles is 1. The largest absolute Gasteiger partial charge is 0.325 e. The summed E-state index contributed by atoms with van der Waals surface area (Å²) in [5.41, 5.74) is 0.996. The zero-order chi connectivity index (χ0) is 19.8. The van der Waals surface area contributed by atoms with E-state index in [9.17, 15) is 9.59 Å². The average Bonchev–Trinajstić information content (AvgIpc) is 2.74. The number of hydrogen-bond acceptors (Lipinski definition) is 5. The Morgan fingerprint density at radius 2 is 1.86 bits per heavy atom. The minimum atomic E-state index is -0.113. The molecule has 0 bridgehead atoms. The third kappa shape index (κ3) is 5.38. The first-order valence-corrected chi connectivity index (χ1v) is 9.39. The first-order chi connectivity index (χ1) is 13.7. The molecule has 144 valence electrons. The summed E-state index contributed by atoms with van der Waals surface area (Å²) < 4.78 is 0. The van der Waals surface area contributed by atoms with E-state index in [0.717, 1.165) is 25.9 Å². The third-order valence-corrected chi connectivity index (χ3v) is 4.85. The molecule has 0 saturated carbocycles. The Balaban J connectivity index is 1.40. The lowest BCUT2D eigenvalue weighted by molar-refractivity contribution is -0.121. The second-order valence-corrected chi connectivity index (χ2v) is 6.78. The van der Waals surface area contributed by atoms with E-state index in [1.54, 1.807) is 36.5 Å². The van der Waals surface area contributed by atoms with Crippen LogP contribution in [0.1, 0.15) is 24.8 Å². The molecule has 0 unspecified atom stereocenters. The molecule has 1 aromatic carbocycles. The van der Waals surface area contributed by atoms with Crippen molar-refractivity contribution in [3.05, 3.63) is 54.2 Å². The molecule has 2 amide bonds. The fourth-order valence-corrected chi connectivity index (χ4v) is 3.25. The van der Waals surface area contributed by atoms with Crippen LogP contribution in [0.3, 0.4) is 0 Å². The van der Waals surface area contributed by atoms with Crippen LogP contribution in [0.5, 0.6) is 0 Å². The fraction of sp³-hybridized carbons (Fsp3) is 0.333. The molecule has 7 heteroatoms. The molecule has 2 aromatic rings. The maximum atomic E-state index is 12.3. The van der Waals surface area contributed by atoms with Crippen molar-refractivity contribution in [1.82, 2.24) is 9.88 Å². The quantitative estimate of drug-likeness (QED) is 0.806. The topological polar surface area (TPSA) is 98.1 Å². The molecule has 3 rings (SSSR count). The summed E-state index contributed by atoms with van der Waals surface area (Å²) in [4.78, 5) is 30.8. The van der Waals surface area contributed by atoms with Gasteiger partial charge in [-0.05, 0) is 50.2 Å². The number of rotatable bonds is 6. The van der Waals surface area contributed by atoms with Crippen molar-refractivity contribution in [2.24, 2.45) is 5.92 Å². The number of aromatic nitrogens is 1. The van der Waals surface area contributed by atoms with Gasteiger partial charge in [0.1, 0.15) is 11.9 Å². The lowest BCUT2D eigenvalue weighted by atomic mass is 9.96. The van der Waals surface area contributed by atoms with Crippen molar-refractivity contribution in [3.8, 4) is 6.07 Å². The number of amides is 2. The van der Waals surface area contributed by atoms with Gasteiger partial charge in [0.15, 0.2) is 0 Å². The predicted octanol–water partition coefficient (Wildman–Crippen LogP) is 2.63. The van der Waals surface area contributed by atoms with Crippen molar-refractivity contribution >= 4 is 23.3 Å². The van der Waals surface area contributed by atoms with Crippen LogP contribution in [0.15, 0.2) is 48.7 Å². The summed E-state index contributed by atoms with van der Waals surface area (Å²) >= 11 is 0. The monoisotopic (exact) mass is 377 g/mol. The maximum absolute atomic E-state index is 12.3. The molecule has 1 saturated heterocycles. The van der Waals surface area contributed by atoms with E-state index in [2.05, 4.69) is 26.6 Å². The minimum Gasteiger partial charge on any atom is -0.325 e. The summed E-state index contributed by atoms with van der Waals surface area (Å²) in [5.74, 6) is 0.431. The number of likely N-dealkylation sites (tertiary alicyclic amines) is 1. The van der Waals surface area contributed by atoms with E-state index in [-0.39, 0.29) is 17.7 Å². The van der Waals surface area contributed by atoms with Gasteiger partial charge in [-0.3, -0.25) is 9.59 Å². The predicted molar refractivity (Wildman–Crippen MR) is 106 cm³/mol. The lowest BCUT2D eigenvalue weighted by Gasteiger charge is -2.31. The number of nitrogens with zero attached hydrogens (tertiary/aromatic N) is 3. The maximum Gasteiger partial charge on any atom is 0.228 e. The van der Waals surface area contributed by atoms with E-state index in [0.29, 0.717) is 30.0 Å². The number of carbonyl (C=O) groups excluding carboxylic acids is 2. The van der Waals surface area contributed by atoms with Gasteiger partial charge in [-0.15, -0.1) is 0 Å². The van der Waals surface area contributed by atoms with Gasteiger partial charge in [0.2, 0.25) is 11.8 Å². The van der Waals surface area contributed by atoms with Gasteiger partial charge in [-0.2, -0.15) is 5.26 Å². The zero-order valence-electron chi connectivity index (χ0n) is 15.6. The molecule has 0 atom stereocenters. The van der Waals surface area contributed by atoms with Crippen molar-refractivity contribution < 1.29 is 9.59 Å². The summed E-state index contributed by atoms with van der Waals surface area (Å²) in [5, 5.41) is 14.7. The molecule has 2 N–H and O–H groups in total. The number of pyridine rings is 1. The van der Waals surface area contributed by atoms with Crippen molar-refractivity contribution in [1.29, 1.82) is 5.26 Å². The Kier molecular flexibility index (Phi) is 6.71. The molecule has 1 aliphatic rings. The molecule has 0 aliphatic carbocycles. The Labute approximate surface area is 164 Å². The highest BCUT2D eigenvalue weighted by Crippen LogP contribution is 2.19. The van der Waals surface area contributed by atoms with Crippen molar-refractivity contribution in [3.63, 3.8) is 0 Å². The molecule has 7 nitrogen and oxygen atoms in total. The Morgan fingerprint density at radius 1 is 1.11 bits per heavy atom. The molecule has 2 heterocycles. The van der Waals surface area contributed by atoms with Gasteiger partial charge < -0.3 is 15.5 Å². The number of carbonyl (C=O) groups is 2. The third-order valence-electron chi connectivity index (χ3n) is 4.85. The standard InChI is InChI=1S/C21H23N5O2/c22-15-17-5-1-2-6-18(17)24-20(27)10-14-26-12-8-16(9-13-26)21(28)25-19-7-3-4-11-23-19/h1-7,11,16H,8-10,12-14H2,(H,24,27)(H,23,25,28). The number of para-hydroxylation sites is 1. The van der Waals surface area contributed by atoms with Crippen LogP contribution < -0.4 is 10.6 Å². The second-order valence-electron chi connectivity index (χ2n) is 6.78. The average molecular weight is 377 g/mol. The Hall–Kier alpha value is -3.24. The molecule has 1 aromatic heterocycles. The van der Waals surface area contributed by atoms with E-state index < -0.39 is 0 Å². The number of nitrogens with one attached hydrogen (secondary N) is 2. The SMILES string of the molecule is N#Cc1ccccc1NC(=O)CCN1CCC(C(=O)Nc2ccccn2)CC1. The Bertz CT molecular complexity index is 855. The normalized spacial score (nSPS) is 14.8. The lowest BCUT2D eigenvalue weighted by Crippen LogP contribution is -2.39. The molecular weight excluding hydrogens is 354 g/mol. The minimum absolute atomic E-state index is 0.00389. The van der Waals surface area contributed by atoms with Gasteiger partial charge in [-0.1, -0.05) is 18.2 Å². The smallest absolute Gasteiger partial charge is 0.228 e. The number of hydrogen-bond donors (Lipinski definition) is 2. The van der Waals surface area contributed by atoms with E-state index >= 15 is 0 Å². The number of piperidine rings is 1. The van der Waals surface area contributed by atoms with E-state index in [1.165, 1.54) is 0 Å². The van der Waals surface area contributed by atoms with Crippen molar-refractivity contribution in [2.75, 3.05) is 30.3 Å². The fourth-order valence-electron chi connectivity index (χ4n) is 3.25. The molecule has 28 heavy (non-hydrogen) atoms. The highest BCUT2D eigenvalue weighted by atomic mass is 16.2. The van der Waals surface area contributed by atoms with Crippen LogP contribution in [-0.2, 0) is 9.59 Å². The molecule has 0 radical (unpaired) electrons. The van der Waals surface area contributed by atoms with Gasteiger partial charge in [0.05, 0.1) is 11.3 Å². The first kappa shape index (κ1) is 19.5. The summed E-state index contributed by atoms with van der Waals surface area (Å²) in [6, 6.07) is 14.4. The highest BCUT2D eigenvalue weighted by molar-refractivity contribution is 5.92. The van der Waals surface area contributed by atoms with Crippen LogP contribution >= 0.6 is 0 Å². The van der Waals surface area contributed by atoms with Crippen LogP contribution in [0.25, 0.3) is 0 Å². The van der Waals surface area contributed by atoms with Crippen LogP contribution in [0.4, 0.5) is 11.5 Å². The molecule has 1 aliphatic heterocycles. The second kappa shape index (κ2) is 9.62. The van der Waals surface area contributed by atoms with Crippen LogP contribution in [-0.4, -0.2) is 41.3 Å². The van der Waals surface area contributed by atoms with E-state index in [4.69, 9.17) is 5.26 Å². The number of anilines is 2. The van der Waals surface area contributed by atoms with Gasteiger partial charge in [0.25, 0.3) is 0 Å². The first-order valence-electron chi connectivity index (χ1n) is 9.39. The van der Waals surface area contributed by atoms with Gasteiger partial charge >= 0.3 is 0 Å². The Morgan fingerprint density at radius 3 is 2.57 bits per heavy atom. The van der Waals surface area contributed by atoms with Gasteiger partial charge in [0, 0.05) is 25.1 Å². The van der Waals surface area contributed by atoms with Crippen molar-refractivity contribution in [2.45, 2.75) is 19.3 Å². The zero-order valence-corrected chi connectivity index (χ0v) is 15.6. The van der Waals surface area contributed by atoms with Gasteiger partial charge in [-0.25, -0.2) is 4.98 Å². The number of benzene rings is 1. The molecule has 1 fully saturated rings. The van der Waals surface area contributed by atoms with Crippen LogP contribution in [0, 0.1) is 17.2 Å².